The average molecular weight is 268 g/mol. The average Bonchev–Trinajstić information content (AvgIpc) is 2.41. The Morgan fingerprint density at radius 3 is 2.60 bits per heavy atom. The number of aromatic hydroxyl groups is 1. The molecule has 1 heterocycles. The van der Waals surface area contributed by atoms with E-state index in [1.54, 1.807) is 24.3 Å². The van der Waals surface area contributed by atoms with Gasteiger partial charge in [-0.3, -0.25) is 9.59 Å². The van der Waals surface area contributed by atoms with E-state index in [4.69, 9.17) is 5.73 Å². The van der Waals surface area contributed by atoms with Gasteiger partial charge in [-0.15, -0.1) is 0 Å². The van der Waals surface area contributed by atoms with E-state index >= 15 is 0 Å². The number of fused-ring (bicyclic) bond motifs is 1. The highest BCUT2D eigenvalue weighted by Gasteiger charge is 2.32. The second-order valence-corrected chi connectivity index (χ2v) is 4.61. The molecule has 1 aliphatic rings. The summed E-state index contributed by atoms with van der Waals surface area (Å²) in [7, 11) is 0. The third kappa shape index (κ3) is 1.80. The van der Waals surface area contributed by atoms with Crippen LogP contribution < -0.4 is 10.6 Å². The SMILES string of the molecule is Nc1cc(O)ccc1N1C(=O)Cc2ccccc2C1=O. The molecule has 20 heavy (non-hydrogen) atoms. The summed E-state index contributed by atoms with van der Waals surface area (Å²) in [6.45, 7) is 0. The molecular formula is C15H12N2O3. The van der Waals surface area contributed by atoms with Gasteiger partial charge in [0, 0.05) is 11.6 Å². The van der Waals surface area contributed by atoms with Crippen molar-refractivity contribution >= 4 is 23.2 Å². The monoisotopic (exact) mass is 268 g/mol. The minimum atomic E-state index is -0.394. The maximum Gasteiger partial charge on any atom is 0.265 e. The van der Waals surface area contributed by atoms with E-state index in [-0.39, 0.29) is 23.8 Å². The summed E-state index contributed by atoms with van der Waals surface area (Å²) in [5.41, 5.74) is 7.49. The van der Waals surface area contributed by atoms with Crippen LogP contribution in [-0.4, -0.2) is 16.9 Å². The number of hydrogen-bond donors (Lipinski definition) is 2. The van der Waals surface area contributed by atoms with Crippen molar-refractivity contribution in [1.82, 2.24) is 0 Å². The lowest BCUT2D eigenvalue weighted by Gasteiger charge is -2.27. The Labute approximate surface area is 115 Å². The standard InChI is InChI=1S/C15H12N2O3/c16-12-8-10(18)5-6-13(12)17-14(19)7-9-3-1-2-4-11(9)15(17)20/h1-6,8,18H,7,16H2. The molecule has 2 amide bonds. The molecule has 3 rings (SSSR count). The topological polar surface area (TPSA) is 83.6 Å². The molecule has 0 aromatic heterocycles. The van der Waals surface area contributed by atoms with Gasteiger partial charge in [-0.2, -0.15) is 0 Å². The van der Waals surface area contributed by atoms with Crippen molar-refractivity contribution in [2.45, 2.75) is 6.42 Å². The normalized spacial score (nSPS) is 14.3. The van der Waals surface area contributed by atoms with Crippen LogP contribution in [0.1, 0.15) is 15.9 Å². The van der Waals surface area contributed by atoms with E-state index in [0.29, 0.717) is 11.3 Å². The molecule has 0 radical (unpaired) electrons. The van der Waals surface area contributed by atoms with Crippen LogP contribution in [-0.2, 0) is 11.2 Å². The first-order valence-corrected chi connectivity index (χ1v) is 6.11. The van der Waals surface area contributed by atoms with Crippen LogP contribution in [0.4, 0.5) is 11.4 Å². The molecule has 0 aliphatic carbocycles. The summed E-state index contributed by atoms with van der Waals surface area (Å²) in [6, 6.07) is 11.2. The number of nitrogens with zero attached hydrogens (tertiary/aromatic N) is 1. The Morgan fingerprint density at radius 2 is 1.85 bits per heavy atom. The number of phenolic OH excluding ortho intramolecular Hbond substituents is 1. The van der Waals surface area contributed by atoms with Crippen LogP contribution in [0.5, 0.6) is 5.75 Å². The Morgan fingerprint density at radius 1 is 1.10 bits per heavy atom. The summed E-state index contributed by atoms with van der Waals surface area (Å²) in [5, 5.41) is 9.36. The third-order valence-corrected chi connectivity index (χ3v) is 3.29. The first kappa shape index (κ1) is 12.2. The van der Waals surface area contributed by atoms with Crippen molar-refractivity contribution in [2.75, 3.05) is 10.6 Å². The minimum Gasteiger partial charge on any atom is -0.508 e. The van der Waals surface area contributed by atoms with Crippen molar-refractivity contribution in [1.29, 1.82) is 0 Å². The molecule has 5 nitrogen and oxygen atoms in total. The van der Waals surface area contributed by atoms with Gasteiger partial charge in [-0.05, 0) is 23.8 Å². The Hall–Kier alpha value is -2.82. The number of imide groups is 1. The molecule has 2 aromatic carbocycles. The quantitative estimate of drug-likeness (QED) is 0.609. The van der Waals surface area contributed by atoms with Gasteiger partial charge in [0.2, 0.25) is 5.91 Å². The van der Waals surface area contributed by atoms with Crippen LogP contribution >= 0.6 is 0 Å². The second kappa shape index (κ2) is 4.38. The van der Waals surface area contributed by atoms with Crippen molar-refractivity contribution in [3.8, 4) is 5.75 Å². The van der Waals surface area contributed by atoms with Gasteiger partial charge in [0.25, 0.3) is 5.91 Å². The van der Waals surface area contributed by atoms with Crippen LogP contribution in [0.2, 0.25) is 0 Å². The van der Waals surface area contributed by atoms with E-state index in [9.17, 15) is 14.7 Å². The third-order valence-electron chi connectivity index (χ3n) is 3.29. The number of phenols is 1. The van der Waals surface area contributed by atoms with Gasteiger partial charge in [0.1, 0.15) is 5.75 Å². The summed E-state index contributed by atoms with van der Waals surface area (Å²) in [6.07, 6.45) is 0.155. The van der Waals surface area contributed by atoms with Gasteiger partial charge >= 0.3 is 0 Å². The fraction of sp³-hybridized carbons (Fsp3) is 0.0667. The summed E-state index contributed by atoms with van der Waals surface area (Å²) in [4.78, 5) is 25.7. The predicted octanol–water partition coefficient (Wildman–Crippen LogP) is 1.70. The Bertz CT molecular complexity index is 725. The van der Waals surface area contributed by atoms with E-state index < -0.39 is 5.91 Å². The number of rotatable bonds is 1. The molecule has 0 spiro atoms. The lowest BCUT2D eigenvalue weighted by atomic mass is 9.98. The molecular weight excluding hydrogens is 256 g/mol. The van der Waals surface area contributed by atoms with Crippen molar-refractivity contribution in [3.63, 3.8) is 0 Å². The zero-order valence-corrected chi connectivity index (χ0v) is 10.5. The molecule has 2 aromatic rings. The number of nitrogen functional groups attached to an aromatic ring is 1. The first-order chi connectivity index (χ1) is 9.58. The second-order valence-electron chi connectivity index (χ2n) is 4.61. The number of amides is 2. The molecule has 0 atom stereocenters. The van der Waals surface area contributed by atoms with E-state index in [1.165, 1.54) is 18.2 Å². The zero-order chi connectivity index (χ0) is 14.3. The number of nitrogens with two attached hydrogens (primary N) is 1. The first-order valence-electron chi connectivity index (χ1n) is 6.11. The smallest absolute Gasteiger partial charge is 0.265 e. The molecule has 0 unspecified atom stereocenters. The van der Waals surface area contributed by atoms with E-state index in [1.807, 2.05) is 0 Å². The van der Waals surface area contributed by atoms with Crippen molar-refractivity contribution in [3.05, 3.63) is 53.6 Å². The molecule has 5 heteroatoms. The zero-order valence-electron chi connectivity index (χ0n) is 10.5. The van der Waals surface area contributed by atoms with Crippen LogP contribution in [0, 0.1) is 0 Å². The van der Waals surface area contributed by atoms with Crippen molar-refractivity contribution in [2.24, 2.45) is 0 Å². The summed E-state index contributed by atoms with van der Waals surface area (Å²) < 4.78 is 0. The maximum atomic E-state index is 12.5. The van der Waals surface area contributed by atoms with Gasteiger partial charge in [-0.1, -0.05) is 18.2 Å². The Balaban J connectivity index is 2.11. The maximum absolute atomic E-state index is 12.5. The minimum absolute atomic E-state index is 0.0106. The molecule has 3 N–H and O–H groups in total. The highest BCUT2D eigenvalue weighted by Crippen LogP contribution is 2.31. The number of hydrogen-bond acceptors (Lipinski definition) is 4. The number of benzene rings is 2. The molecule has 100 valence electrons. The van der Waals surface area contributed by atoms with Gasteiger partial charge in [-0.25, -0.2) is 4.90 Å². The molecule has 0 saturated carbocycles. The van der Waals surface area contributed by atoms with Crippen molar-refractivity contribution < 1.29 is 14.7 Å². The van der Waals surface area contributed by atoms with Gasteiger partial charge in [0.15, 0.2) is 0 Å². The number of carbonyl (C=O) groups excluding carboxylic acids is 2. The highest BCUT2D eigenvalue weighted by molar-refractivity contribution is 6.25. The number of anilines is 2. The fourth-order valence-corrected chi connectivity index (χ4v) is 2.35. The molecule has 0 bridgehead atoms. The summed E-state index contributed by atoms with van der Waals surface area (Å²) >= 11 is 0. The van der Waals surface area contributed by atoms with Gasteiger partial charge in [0.05, 0.1) is 17.8 Å². The van der Waals surface area contributed by atoms with Crippen LogP contribution in [0.25, 0.3) is 0 Å². The summed E-state index contributed by atoms with van der Waals surface area (Å²) in [5.74, 6) is -0.733. The van der Waals surface area contributed by atoms with E-state index in [2.05, 4.69) is 0 Å². The lowest BCUT2D eigenvalue weighted by molar-refractivity contribution is -0.117. The fourth-order valence-electron chi connectivity index (χ4n) is 2.35. The lowest BCUT2D eigenvalue weighted by Crippen LogP contribution is -2.42. The predicted molar refractivity (Wildman–Crippen MR) is 74.5 cm³/mol. The van der Waals surface area contributed by atoms with Crippen LogP contribution in [0.3, 0.4) is 0 Å². The molecule has 0 saturated heterocycles. The number of carbonyl (C=O) groups is 2. The van der Waals surface area contributed by atoms with Crippen LogP contribution in [0.15, 0.2) is 42.5 Å². The molecule has 0 fully saturated rings. The van der Waals surface area contributed by atoms with E-state index in [0.717, 1.165) is 10.5 Å². The Kier molecular flexibility index (Phi) is 2.68. The van der Waals surface area contributed by atoms with Gasteiger partial charge < -0.3 is 10.8 Å². The molecule has 1 aliphatic heterocycles. The largest absolute Gasteiger partial charge is 0.508 e. The highest BCUT2D eigenvalue weighted by atomic mass is 16.3.